The van der Waals surface area contributed by atoms with Gasteiger partial charge in [0, 0.05) is 25.2 Å². The Morgan fingerprint density at radius 3 is 3.00 bits per heavy atom. The highest BCUT2D eigenvalue weighted by Crippen LogP contribution is 2.22. The highest BCUT2D eigenvalue weighted by atomic mass is 32.1. The SMILES string of the molecule is c1ccc(-c2nnc(CCNC3CC3)s2)nc1. The first-order valence-electron chi connectivity index (χ1n) is 5.89. The Morgan fingerprint density at radius 1 is 1.29 bits per heavy atom. The van der Waals surface area contributed by atoms with E-state index in [1.165, 1.54) is 12.8 Å². The molecule has 1 saturated carbocycles. The number of nitrogens with one attached hydrogen (secondary N) is 1. The van der Waals surface area contributed by atoms with Gasteiger partial charge in [0.2, 0.25) is 0 Å². The van der Waals surface area contributed by atoms with Crippen LogP contribution in [0.2, 0.25) is 0 Å². The summed E-state index contributed by atoms with van der Waals surface area (Å²) in [5, 5.41) is 13.8. The van der Waals surface area contributed by atoms with Crippen LogP contribution in [0.15, 0.2) is 24.4 Å². The van der Waals surface area contributed by atoms with Crippen LogP contribution in [0.5, 0.6) is 0 Å². The van der Waals surface area contributed by atoms with Gasteiger partial charge in [0.05, 0.1) is 0 Å². The Morgan fingerprint density at radius 2 is 2.24 bits per heavy atom. The molecule has 1 fully saturated rings. The second kappa shape index (κ2) is 4.89. The third-order valence-electron chi connectivity index (χ3n) is 2.70. The minimum absolute atomic E-state index is 0.762. The van der Waals surface area contributed by atoms with Gasteiger partial charge in [-0.25, -0.2) is 0 Å². The molecule has 88 valence electrons. The molecule has 0 unspecified atom stereocenters. The van der Waals surface area contributed by atoms with Crippen LogP contribution in [0.1, 0.15) is 17.8 Å². The van der Waals surface area contributed by atoms with Crippen molar-refractivity contribution in [1.29, 1.82) is 0 Å². The van der Waals surface area contributed by atoms with Crippen LogP contribution < -0.4 is 5.32 Å². The van der Waals surface area contributed by atoms with E-state index in [0.717, 1.165) is 34.7 Å². The molecule has 0 amide bonds. The Labute approximate surface area is 104 Å². The Hall–Kier alpha value is -1.33. The molecule has 2 aromatic heterocycles. The minimum Gasteiger partial charge on any atom is -0.314 e. The summed E-state index contributed by atoms with van der Waals surface area (Å²) < 4.78 is 0. The molecule has 2 aromatic rings. The van der Waals surface area contributed by atoms with E-state index >= 15 is 0 Å². The summed E-state index contributed by atoms with van der Waals surface area (Å²) in [6.07, 6.45) is 5.40. The van der Waals surface area contributed by atoms with Crippen molar-refractivity contribution in [3.8, 4) is 10.7 Å². The first-order chi connectivity index (χ1) is 8.42. The van der Waals surface area contributed by atoms with Gasteiger partial charge in [-0.1, -0.05) is 17.4 Å². The molecule has 17 heavy (non-hydrogen) atoms. The van der Waals surface area contributed by atoms with Crippen LogP contribution in [0.25, 0.3) is 10.7 Å². The van der Waals surface area contributed by atoms with E-state index < -0.39 is 0 Å². The van der Waals surface area contributed by atoms with Crippen LogP contribution in [0.3, 0.4) is 0 Å². The third kappa shape index (κ3) is 2.87. The summed E-state index contributed by atoms with van der Waals surface area (Å²) in [5.74, 6) is 0. The molecule has 0 saturated heterocycles. The van der Waals surface area contributed by atoms with E-state index in [1.807, 2.05) is 18.2 Å². The van der Waals surface area contributed by atoms with Gasteiger partial charge in [-0.05, 0) is 25.0 Å². The quantitative estimate of drug-likeness (QED) is 0.875. The van der Waals surface area contributed by atoms with Crippen LogP contribution in [-0.2, 0) is 6.42 Å². The van der Waals surface area contributed by atoms with Crippen molar-refractivity contribution < 1.29 is 0 Å². The second-order valence-electron chi connectivity index (χ2n) is 4.19. The van der Waals surface area contributed by atoms with E-state index in [4.69, 9.17) is 0 Å². The second-order valence-corrected chi connectivity index (χ2v) is 5.26. The summed E-state index contributed by atoms with van der Waals surface area (Å²) in [7, 11) is 0. The van der Waals surface area contributed by atoms with Crippen molar-refractivity contribution in [2.24, 2.45) is 0 Å². The van der Waals surface area contributed by atoms with Crippen LogP contribution in [0.4, 0.5) is 0 Å². The van der Waals surface area contributed by atoms with Crippen LogP contribution in [0, 0.1) is 0 Å². The lowest BCUT2D eigenvalue weighted by molar-refractivity contribution is 0.677. The van der Waals surface area contributed by atoms with Gasteiger partial charge in [-0.15, -0.1) is 10.2 Å². The summed E-state index contributed by atoms with van der Waals surface area (Å²) in [4.78, 5) is 4.27. The summed E-state index contributed by atoms with van der Waals surface area (Å²) in [6.45, 7) is 1.00. The number of hydrogen-bond donors (Lipinski definition) is 1. The van der Waals surface area contributed by atoms with E-state index in [0.29, 0.717) is 0 Å². The average Bonchev–Trinajstić information content (AvgIpc) is 3.07. The predicted octanol–water partition coefficient (Wildman–Crippen LogP) is 1.89. The first-order valence-corrected chi connectivity index (χ1v) is 6.70. The predicted molar refractivity (Wildman–Crippen MR) is 67.9 cm³/mol. The lowest BCUT2D eigenvalue weighted by Crippen LogP contribution is -2.19. The molecule has 0 aliphatic heterocycles. The van der Waals surface area contributed by atoms with Crippen LogP contribution >= 0.6 is 11.3 Å². The van der Waals surface area contributed by atoms with Gasteiger partial charge in [-0.2, -0.15) is 0 Å². The van der Waals surface area contributed by atoms with Gasteiger partial charge < -0.3 is 5.32 Å². The molecular weight excluding hydrogens is 232 g/mol. The Kier molecular flexibility index (Phi) is 3.11. The topological polar surface area (TPSA) is 50.7 Å². The number of hydrogen-bond acceptors (Lipinski definition) is 5. The maximum Gasteiger partial charge on any atom is 0.166 e. The number of rotatable bonds is 5. The van der Waals surface area contributed by atoms with Crippen molar-refractivity contribution in [2.45, 2.75) is 25.3 Å². The molecule has 3 rings (SSSR count). The number of aromatic nitrogens is 3. The van der Waals surface area contributed by atoms with Crippen molar-refractivity contribution >= 4 is 11.3 Å². The number of nitrogens with zero attached hydrogens (tertiary/aromatic N) is 3. The highest BCUT2D eigenvalue weighted by molar-refractivity contribution is 7.14. The third-order valence-corrected chi connectivity index (χ3v) is 3.71. The zero-order chi connectivity index (χ0) is 11.5. The largest absolute Gasteiger partial charge is 0.314 e. The van der Waals surface area contributed by atoms with E-state index in [9.17, 15) is 0 Å². The summed E-state index contributed by atoms with van der Waals surface area (Å²) >= 11 is 1.63. The first kappa shape index (κ1) is 10.8. The van der Waals surface area contributed by atoms with Crippen molar-refractivity contribution in [1.82, 2.24) is 20.5 Å². The van der Waals surface area contributed by atoms with E-state index in [1.54, 1.807) is 17.5 Å². The maximum absolute atomic E-state index is 4.27. The van der Waals surface area contributed by atoms with Gasteiger partial charge in [0.1, 0.15) is 10.7 Å². The lowest BCUT2D eigenvalue weighted by Gasteiger charge is -1.97. The van der Waals surface area contributed by atoms with Gasteiger partial charge >= 0.3 is 0 Å². The molecule has 1 aliphatic rings. The molecule has 0 spiro atoms. The molecule has 1 aliphatic carbocycles. The maximum atomic E-state index is 4.27. The molecule has 1 N–H and O–H groups in total. The summed E-state index contributed by atoms with van der Waals surface area (Å²) in [6, 6.07) is 6.61. The molecule has 5 heteroatoms. The van der Waals surface area contributed by atoms with Crippen LogP contribution in [-0.4, -0.2) is 27.8 Å². The zero-order valence-corrected chi connectivity index (χ0v) is 10.3. The molecule has 0 aromatic carbocycles. The summed E-state index contributed by atoms with van der Waals surface area (Å²) in [5.41, 5.74) is 0.909. The molecule has 0 atom stereocenters. The molecular formula is C12H14N4S. The monoisotopic (exact) mass is 246 g/mol. The van der Waals surface area contributed by atoms with Crippen molar-refractivity contribution in [2.75, 3.05) is 6.54 Å². The highest BCUT2D eigenvalue weighted by Gasteiger charge is 2.19. The van der Waals surface area contributed by atoms with E-state index in [2.05, 4.69) is 20.5 Å². The van der Waals surface area contributed by atoms with Gasteiger partial charge in [0.25, 0.3) is 0 Å². The minimum atomic E-state index is 0.762. The van der Waals surface area contributed by atoms with Gasteiger partial charge in [0.15, 0.2) is 5.01 Å². The zero-order valence-electron chi connectivity index (χ0n) is 9.47. The molecule has 2 heterocycles. The average molecular weight is 246 g/mol. The fraction of sp³-hybridized carbons (Fsp3) is 0.417. The Balaban J connectivity index is 1.61. The normalized spacial score (nSPS) is 15.1. The smallest absolute Gasteiger partial charge is 0.166 e. The fourth-order valence-corrected chi connectivity index (χ4v) is 2.43. The standard InChI is InChI=1S/C12H14N4S/c1-2-7-14-10(3-1)12-16-15-11(17-12)6-8-13-9-4-5-9/h1-3,7,9,13H,4-6,8H2. The van der Waals surface area contributed by atoms with Crippen molar-refractivity contribution in [3.63, 3.8) is 0 Å². The number of pyridine rings is 1. The molecule has 0 radical (unpaired) electrons. The fourth-order valence-electron chi connectivity index (χ4n) is 1.62. The van der Waals surface area contributed by atoms with Gasteiger partial charge in [-0.3, -0.25) is 4.98 Å². The Bertz CT molecular complexity index is 478. The molecule has 4 nitrogen and oxygen atoms in total. The van der Waals surface area contributed by atoms with E-state index in [-0.39, 0.29) is 0 Å². The molecule has 0 bridgehead atoms. The van der Waals surface area contributed by atoms with Crippen molar-refractivity contribution in [3.05, 3.63) is 29.4 Å². The lowest BCUT2D eigenvalue weighted by atomic mass is 10.4.